The average molecular weight is 1040 g/mol. The third kappa shape index (κ3) is 27.0. The van der Waals surface area contributed by atoms with Crippen LogP contribution in [0.4, 0.5) is 19.0 Å². The van der Waals surface area contributed by atoms with Crippen LogP contribution in [0.1, 0.15) is 171 Å². The monoisotopic (exact) mass is 1040 g/mol. The Morgan fingerprint density at radius 3 is 1.43 bits per heavy atom. The number of sulfonamides is 1. The highest BCUT2D eigenvalue weighted by Gasteiger charge is 2.29. The fraction of sp³-hybridized carbons (Fsp3) is 0.393. The van der Waals surface area contributed by atoms with Gasteiger partial charge in [0.1, 0.15) is 11.6 Å². The topological polar surface area (TPSA) is 120 Å². The quantitative estimate of drug-likeness (QED) is 0.136. The van der Waals surface area contributed by atoms with Crippen molar-refractivity contribution in [2.24, 2.45) is 0 Å². The van der Waals surface area contributed by atoms with Crippen molar-refractivity contribution < 1.29 is 26.3 Å². The Labute approximate surface area is 443 Å². The van der Waals surface area contributed by atoms with E-state index < -0.39 is 22.8 Å². The molecule has 0 saturated carbocycles. The molecule has 0 aliphatic carbocycles. The van der Waals surface area contributed by atoms with Gasteiger partial charge in [0.25, 0.3) is 0 Å². The molecule has 74 heavy (non-hydrogen) atoms. The Balaban J connectivity index is 0.000000449. The van der Waals surface area contributed by atoms with Crippen molar-refractivity contribution in [3.05, 3.63) is 197 Å². The first-order valence-corrected chi connectivity index (χ1v) is 26.7. The van der Waals surface area contributed by atoms with Crippen molar-refractivity contribution in [2.45, 2.75) is 146 Å². The molecule has 9 nitrogen and oxygen atoms in total. The predicted molar refractivity (Wildman–Crippen MR) is 304 cm³/mol. The lowest BCUT2D eigenvalue weighted by Crippen LogP contribution is -2.19. The summed E-state index contributed by atoms with van der Waals surface area (Å²) >= 11 is 0. The van der Waals surface area contributed by atoms with Crippen LogP contribution in [-0.4, -0.2) is 52.4 Å². The molecule has 7 aromatic rings. The second-order valence-corrected chi connectivity index (χ2v) is 20.9. The molecule has 402 valence electrons. The van der Waals surface area contributed by atoms with E-state index in [0.29, 0.717) is 35.1 Å². The van der Waals surface area contributed by atoms with E-state index in [1.807, 2.05) is 95.5 Å². The summed E-state index contributed by atoms with van der Waals surface area (Å²) in [5, 5.41) is 0. The molecule has 5 heterocycles. The normalized spacial score (nSPS) is 10.8. The molecule has 0 spiro atoms. The highest BCUT2D eigenvalue weighted by Crippen LogP contribution is 2.27. The number of hydrogen-bond donors (Lipinski definition) is 1. The molecule has 0 aliphatic heterocycles. The van der Waals surface area contributed by atoms with E-state index >= 15 is 0 Å². The molecule has 0 unspecified atom stereocenters. The molecule has 13 heteroatoms. The van der Waals surface area contributed by atoms with Gasteiger partial charge in [0, 0.05) is 58.2 Å². The minimum absolute atomic E-state index is 0. The van der Waals surface area contributed by atoms with Gasteiger partial charge in [-0.05, 0) is 115 Å². The van der Waals surface area contributed by atoms with Gasteiger partial charge >= 0.3 is 6.18 Å². The Kier molecular flexibility index (Phi) is 29.6. The lowest BCUT2D eigenvalue weighted by atomic mass is 10.0. The largest absolute Gasteiger partial charge is 0.484 e. The summed E-state index contributed by atoms with van der Waals surface area (Å²) in [6.45, 7) is 27.7. The number of rotatable bonds is 11. The summed E-state index contributed by atoms with van der Waals surface area (Å²) in [6, 6.07) is 44.0. The molecule has 0 bridgehead atoms. The van der Waals surface area contributed by atoms with Crippen molar-refractivity contribution in [2.75, 3.05) is 17.6 Å². The van der Waals surface area contributed by atoms with Gasteiger partial charge < -0.3 is 4.74 Å². The van der Waals surface area contributed by atoms with Gasteiger partial charge in [-0.15, -0.1) is 0 Å². The molecule has 0 radical (unpaired) electrons. The Bertz CT molecular complexity index is 2670. The smallest absolute Gasteiger partial charge is 0.422 e. The van der Waals surface area contributed by atoms with E-state index in [-0.39, 0.29) is 25.0 Å². The van der Waals surface area contributed by atoms with Crippen LogP contribution < -0.4 is 9.46 Å². The first-order valence-electron chi connectivity index (χ1n) is 24.8. The summed E-state index contributed by atoms with van der Waals surface area (Å²) in [4.78, 5) is 21.2. The fourth-order valence-corrected chi connectivity index (χ4v) is 6.96. The molecule has 2 aromatic carbocycles. The lowest BCUT2D eigenvalue weighted by molar-refractivity contribution is -0.153. The van der Waals surface area contributed by atoms with Crippen LogP contribution in [0.25, 0.3) is 11.3 Å². The molecule has 1 N–H and O–H groups in total. The van der Waals surface area contributed by atoms with E-state index in [2.05, 4.69) is 152 Å². The molecule has 0 saturated heterocycles. The second-order valence-electron chi connectivity index (χ2n) is 19.2. The summed E-state index contributed by atoms with van der Waals surface area (Å²) in [7, 11) is -3.23. The zero-order valence-electron chi connectivity index (χ0n) is 45.6. The van der Waals surface area contributed by atoms with Crippen LogP contribution in [0.2, 0.25) is 0 Å². The maximum absolute atomic E-state index is 12.0. The molecule has 0 fully saturated rings. The fourth-order valence-electron chi connectivity index (χ4n) is 6.47. The summed E-state index contributed by atoms with van der Waals surface area (Å²) in [5.41, 5.74) is 10.7. The van der Waals surface area contributed by atoms with Gasteiger partial charge in [0.15, 0.2) is 6.61 Å². The van der Waals surface area contributed by atoms with E-state index in [1.54, 1.807) is 19.1 Å². The van der Waals surface area contributed by atoms with E-state index in [0.717, 1.165) is 34.7 Å². The van der Waals surface area contributed by atoms with E-state index in [1.165, 1.54) is 34.6 Å². The van der Waals surface area contributed by atoms with Crippen molar-refractivity contribution >= 4 is 15.8 Å². The van der Waals surface area contributed by atoms with Crippen LogP contribution in [0, 0.1) is 13.8 Å². The van der Waals surface area contributed by atoms with Crippen LogP contribution in [-0.2, 0) is 10.0 Å². The van der Waals surface area contributed by atoms with E-state index in [4.69, 9.17) is 4.74 Å². The summed E-state index contributed by atoms with van der Waals surface area (Å²) in [5.74, 6) is 3.37. The molecule has 7 rings (SSSR count). The summed E-state index contributed by atoms with van der Waals surface area (Å²) < 4.78 is 64.9. The third-order valence-corrected chi connectivity index (χ3v) is 11.1. The Hall–Kier alpha value is -6.47. The van der Waals surface area contributed by atoms with Crippen LogP contribution >= 0.6 is 0 Å². The summed E-state index contributed by atoms with van der Waals surface area (Å²) in [6.07, 6.45) is 1.92. The zero-order chi connectivity index (χ0) is 54.7. The van der Waals surface area contributed by atoms with Crippen molar-refractivity contribution in [1.29, 1.82) is 0 Å². The van der Waals surface area contributed by atoms with Gasteiger partial charge in [-0.25, -0.2) is 13.4 Å². The number of alkyl halides is 3. The number of aromatic nitrogens is 5. The number of halogens is 3. The molecular formula is C61H83F3N6O3S. The number of nitrogens with zero attached hydrogens (tertiary/aromatic N) is 5. The highest BCUT2D eigenvalue weighted by molar-refractivity contribution is 7.92. The first-order chi connectivity index (χ1) is 34.3. The minimum Gasteiger partial charge on any atom is -0.484 e. The van der Waals surface area contributed by atoms with Crippen LogP contribution in [0.15, 0.2) is 152 Å². The Morgan fingerprint density at radius 1 is 0.527 bits per heavy atom. The number of benzene rings is 2. The maximum Gasteiger partial charge on any atom is 0.422 e. The standard InChI is InChI=1S/C14H15N.C11H14F3NO.C9H14N2O2S.C9H13N.C9H12.C8H11N.CH4/c1-11(2)13-9-6-10-14(15-13)12-7-4-3-5-8-12;1-7(2)10-8(3)9(4-5-15-10)16-6-11(12,13)14;1-7(2)8-5-4-6-9(10-8)11-14(3,12)13;1-7(2)9-6-4-5-8(3)10-9;1-8(2)9-6-4-3-5-7-9;1-7(2)8-3-5-9-6-4-8;/h3-11H,1-2H3;4-5,7H,6H2,1-3H3;4-7H,1-3H3,(H,10,11);4-7H,1-3H3;3-8H,1-2H3;3-7H,1-2H3;1H4. The van der Waals surface area contributed by atoms with Crippen molar-refractivity contribution in [3.8, 4) is 17.0 Å². The van der Waals surface area contributed by atoms with Crippen LogP contribution in [0.5, 0.6) is 5.75 Å². The van der Waals surface area contributed by atoms with E-state index in [9.17, 15) is 21.6 Å². The maximum atomic E-state index is 12.0. The first kappa shape index (κ1) is 65.5. The highest BCUT2D eigenvalue weighted by atomic mass is 32.2. The third-order valence-electron chi connectivity index (χ3n) is 10.6. The molecule has 0 atom stereocenters. The number of ether oxygens (including phenoxy) is 1. The number of anilines is 1. The Morgan fingerprint density at radius 2 is 1.00 bits per heavy atom. The lowest BCUT2D eigenvalue weighted by Gasteiger charge is -2.14. The molecular weight excluding hydrogens is 954 g/mol. The van der Waals surface area contributed by atoms with Gasteiger partial charge in [0.2, 0.25) is 10.0 Å². The number of pyridine rings is 5. The molecule has 0 amide bonds. The molecule has 5 aromatic heterocycles. The SMILES string of the molecule is C.CC(C)c1cccc(-c2ccccc2)n1.CC(C)c1cccc(NS(C)(=O)=O)n1.CC(C)c1ccccc1.CC(C)c1ccncc1.Cc1c(OCC(F)(F)F)ccnc1C(C)C.Cc1cccc(C(C)C)n1. The van der Waals surface area contributed by atoms with Crippen molar-refractivity contribution in [1.82, 2.24) is 24.9 Å². The van der Waals surface area contributed by atoms with Gasteiger partial charge in [-0.1, -0.05) is 169 Å². The second kappa shape index (κ2) is 33.4. The van der Waals surface area contributed by atoms with Crippen LogP contribution in [0.3, 0.4) is 0 Å². The van der Waals surface area contributed by atoms with Crippen molar-refractivity contribution in [3.63, 3.8) is 0 Å². The molecule has 0 aliphatic rings. The average Bonchev–Trinajstić information content (AvgIpc) is 3.34. The van der Waals surface area contributed by atoms with Gasteiger partial charge in [-0.2, -0.15) is 13.2 Å². The van der Waals surface area contributed by atoms with Gasteiger partial charge in [-0.3, -0.25) is 24.7 Å². The minimum atomic E-state index is -4.31. The number of hydrogen-bond acceptors (Lipinski definition) is 8. The number of nitrogens with one attached hydrogen (secondary N) is 1. The predicted octanol–water partition coefficient (Wildman–Crippen LogP) is 17.1. The number of aryl methyl sites for hydroxylation is 1. The van der Waals surface area contributed by atoms with Gasteiger partial charge in [0.05, 0.1) is 11.9 Å². The zero-order valence-corrected chi connectivity index (χ0v) is 46.4.